The molecule has 164 valence electrons. The minimum absolute atomic E-state index is 0.410. The van der Waals surface area contributed by atoms with Gasteiger partial charge in [-0.1, -0.05) is 13.8 Å². The van der Waals surface area contributed by atoms with Gasteiger partial charge in [0.15, 0.2) is 11.5 Å². The molecule has 0 amide bonds. The Morgan fingerprint density at radius 1 is 0.643 bits per heavy atom. The first kappa shape index (κ1) is 26.9. The highest BCUT2D eigenvalue weighted by atomic mass is 28.4. The van der Waals surface area contributed by atoms with Crippen molar-refractivity contribution in [2.75, 3.05) is 42.7 Å². The van der Waals surface area contributed by atoms with Crippen molar-refractivity contribution in [2.45, 2.75) is 38.1 Å². The fourth-order valence-corrected chi connectivity index (χ4v) is 6.69. The molecule has 0 aliphatic carbocycles. The first-order valence-electron chi connectivity index (χ1n) is 8.68. The summed E-state index contributed by atoms with van der Waals surface area (Å²) in [5.74, 6) is -1.51. The van der Waals surface area contributed by atoms with Crippen molar-refractivity contribution in [3.05, 3.63) is 12.2 Å². The molecule has 28 heavy (non-hydrogen) atoms. The second kappa shape index (κ2) is 13.2. The topological polar surface area (TPSA) is 108 Å². The molecular weight excluding hydrogens is 408 g/mol. The van der Waals surface area contributed by atoms with Crippen LogP contribution >= 0.6 is 0 Å². The number of hydrogen-bond donors (Lipinski definition) is 0. The van der Waals surface area contributed by atoms with E-state index in [1.165, 1.54) is 42.7 Å². The summed E-state index contributed by atoms with van der Waals surface area (Å²) >= 11 is 0. The summed E-state index contributed by atoms with van der Waals surface area (Å²) in [6.07, 6.45) is 2.75. The lowest BCUT2D eigenvalue weighted by Crippen LogP contribution is -2.56. The summed E-state index contributed by atoms with van der Waals surface area (Å²) in [6.45, 7) is 3.59. The van der Waals surface area contributed by atoms with Crippen molar-refractivity contribution in [1.29, 1.82) is 0 Å². The molecule has 0 fully saturated rings. The number of hydrogen-bond acceptors (Lipinski definition) is 10. The van der Waals surface area contributed by atoms with Gasteiger partial charge in [-0.3, -0.25) is 0 Å². The molecule has 2 atom stereocenters. The van der Waals surface area contributed by atoms with Gasteiger partial charge in [0.05, 0.1) is 0 Å². The van der Waals surface area contributed by atoms with E-state index in [4.69, 9.17) is 36.0 Å². The lowest BCUT2D eigenvalue weighted by Gasteiger charge is -2.31. The Morgan fingerprint density at radius 2 is 0.893 bits per heavy atom. The van der Waals surface area contributed by atoms with E-state index >= 15 is 0 Å². The molecule has 0 heterocycles. The molecule has 0 aromatic heterocycles. The van der Waals surface area contributed by atoms with Crippen molar-refractivity contribution in [3.8, 4) is 0 Å². The van der Waals surface area contributed by atoms with Crippen LogP contribution in [0.5, 0.6) is 0 Å². The molecule has 0 aliphatic rings. The second-order valence-electron chi connectivity index (χ2n) is 5.43. The first-order valence-corrected chi connectivity index (χ1v) is 12.3. The van der Waals surface area contributed by atoms with Crippen LogP contribution in [-0.2, 0) is 45.6 Å². The second-order valence-corrected chi connectivity index (χ2v) is 11.6. The normalized spacial score (nSPS) is 14.7. The minimum Gasteiger partial charge on any atom is -0.455 e. The van der Waals surface area contributed by atoms with Crippen LogP contribution in [0, 0.1) is 0 Å². The van der Waals surface area contributed by atoms with Crippen molar-refractivity contribution < 1.29 is 45.6 Å². The molecule has 0 bridgehead atoms. The maximum atomic E-state index is 12.1. The van der Waals surface area contributed by atoms with Gasteiger partial charge in [0, 0.05) is 54.8 Å². The molecule has 0 aromatic carbocycles. The SMILES string of the molecule is CCC(OC(=O)/C=C/C(=O)OC(CC)[Si](OC)(OC)OC)[Si](OC)(OC)OC. The summed E-state index contributed by atoms with van der Waals surface area (Å²) in [7, 11) is 2.18. The van der Waals surface area contributed by atoms with E-state index in [0.29, 0.717) is 12.8 Å². The van der Waals surface area contributed by atoms with Crippen LogP contribution in [0.1, 0.15) is 26.7 Å². The van der Waals surface area contributed by atoms with Gasteiger partial charge in [-0.2, -0.15) is 0 Å². The maximum absolute atomic E-state index is 12.1. The standard InChI is InChI=1S/C16H32O10Si2/c1-9-15(27(19-3,20-4)21-5)25-13(17)11-12-14(18)26-16(10-2)28(22-6,23-7)24-8/h11-12,15-16H,9-10H2,1-8H3/b12-11+. The predicted molar refractivity (Wildman–Crippen MR) is 103 cm³/mol. The van der Waals surface area contributed by atoms with Gasteiger partial charge in [0.2, 0.25) is 0 Å². The van der Waals surface area contributed by atoms with E-state index in [9.17, 15) is 9.59 Å². The number of carbonyl (C=O) groups excluding carboxylic acids is 2. The Balaban J connectivity index is 5.07. The van der Waals surface area contributed by atoms with Gasteiger partial charge < -0.3 is 36.0 Å². The zero-order valence-corrected chi connectivity index (χ0v) is 19.8. The number of esters is 2. The van der Waals surface area contributed by atoms with E-state index in [-0.39, 0.29) is 0 Å². The molecule has 10 nitrogen and oxygen atoms in total. The van der Waals surface area contributed by atoms with Crippen molar-refractivity contribution >= 4 is 29.5 Å². The summed E-state index contributed by atoms with van der Waals surface area (Å²) in [6, 6.07) is 0. The van der Waals surface area contributed by atoms with E-state index < -0.39 is 41.0 Å². The van der Waals surface area contributed by atoms with Gasteiger partial charge in [-0.05, 0) is 12.8 Å². The highest BCUT2D eigenvalue weighted by Gasteiger charge is 2.50. The fraction of sp³-hybridized carbons (Fsp3) is 0.750. The lowest BCUT2D eigenvalue weighted by molar-refractivity contribution is -0.145. The van der Waals surface area contributed by atoms with Crippen molar-refractivity contribution in [1.82, 2.24) is 0 Å². The third kappa shape index (κ3) is 6.74. The highest BCUT2D eigenvalue weighted by molar-refractivity contribution is 6.62. The van der Waals surface area contributed by atoms with Gasteiger partial charge >= 0.3 is 29.5 Å². The van der Waals surface area contributed by atoms with Gasteiger partial charge in [-0.25, -0.2) is 9.59 Å². The van der Waals surface area contributed by atoms with E-state index in [2.05, 4.69) is 0 Å². The molecule has 0 radical (unpaired) electrons. The largest absolute Gasteiger partial charge is 0.543 e. The third-order valence-corrected chi connectivity index (χ3v) is 10.2. The van der Waals surface area contributed by atoms with Crippen LogP contribution in [0.25, 0.3) is 0 Å². The summed E-state index contributed by atoms with van der Waals surface area (Å²) < 4.78 is 42.6. The molecule has 12 heteroatoms. The Hall–Kier alpha value is -1.13. The number of ether oxygens (including phenoxy) is 2. The van der Waals surface area contributed by atoms with Crippen LogP contribution in [-0.4, -0.2) is 83.7 Å². The fourth-order valence-electron chi connectivity index (χ4n) is 2.59. The summed E-state index contributed by atoms with van der Waals surface area (Å²) in [5.41, 5.74) is -1.45. The molecular formula is C16H32O10Si2. The van der Waals surface area contributed by atoms with Crippen LogP contribution in [0.3, 0.4) is 0 Å². The molecule has 0 aromatic rings. The third-order valence-electron chi connectivity index (χ3n) is 4.11. The van der Waals surface area contributed by atoms with Crippen LogP contribution in [0.15, 0.2) is 12.2 Å². The van der Waals surface area contributed by atoms with Gasteiger partial charge in [0.25, 0.3) is 0 Å². The lowest BCUT2D eigenvalue weighted by atomic mass is 10.4. The Bertz CT molecular complexity index is 445. The molecule has 0 saturated carbocycles. The molecule has 0 rings (SSSR count). The van der Waals surface area contributed by atoms with E-state index in [1.807, 2.05) is 0 Å². The zero-order chi connectivity index (χ0) is 21.8. The zero-order valence-electron chi connectivity index (χ0n) is 17.8. The molecule has 0 aliphatic heterocycles. The van der Waals surface area contributed by atoms with Crippen molar-refractivity contribution in [3.63, 3.8) is 0 Å². The quantitative estimate of drug-likeness (QED) is 0.221. The van der Waals surface area contributed by atoms with E-state index in [0.717, 1.165) is 12.2 Å². The van der Waals surface area contributed by atoms with Crippen molar-refractivity contribution in [2.24, 2.45) is 0 Å². The summed E-state index contributed by atoms with van der Waals surface area (Å²) in [4.78, 5) is 24.2. The van der Waals surface area contributed by atoms with Crippen LogP contribution in [0.2, 0.25) is 0 Å². The van der Waals surface area contributed by atoms with Crippen LogP contribution < -0.4 is 0 Å². The summed E-state index contributed by atoms with van der Waals surface area (Å²) in [5, 5.41) is 0. The Kier molecular flexibility index (Phi) is 12.6. The minimum atomic E-state index is -3.17. The molecule has 2 unspecified atom stereocenters. The van der Waals surface area contributed by atoms with Gasteiger partial charge in [0.1, 0.15) is 0 Å². The van der Waals surface area contributed by atoms with E-state index in [1.54, 1.807) is 13.8 Å². The Morgan fingerprint density at radius 3 is 1.07 bits per heavy atom. The van der Waals surface area contributed by atoms with Crippen LogP contribution in [0.4, 0.5) is 0 Å². The smallest absolute Gasteiger partial charge is 0.455 e. The molecule has 0 N–H and O–H groups in total. The average molecular weight is 441 g/mol. The molecule has 0 saturated heterocycles. The Labute approximate surface area is 168 Å². The number of carbonyl (C=O) groups is 2. The average Bonchev–Trinajstić information content (AvgIpc) is 2.73. The highest BCUT2D eigenvalue weighted by Crippen LogP contribution is 2.19. The maximum Gasteiger partial charge on any atom is 0.543 e. The predicted octanol–water partition coefficient (Wildman–Crippen LogP) is 1.02. The monoisotopic (exact) mass is 440 g/mol. The number of rotatable bonds is 14. The molecule has 0 spiro atoms. The first-order chi connectivity index (χ1) is 13.3. The van der Waals surface area contributed by atoms with Gasteiger partial charge in [-0.15, -0.1) is 0 Å².